The first-order valence-electron chi connectivity index (χ1n) is 9.72. The van der Waals surface area contributed by atoms with E-state index in [1.54, 1.807) is 18.3 Å². The van der Waals surface area contributed by atoms with Crippen LogP contribution in [0.5, 0.6) is 0 Å². The molecule has 5 rings (SSSR count). The number of para-hydroxylation sites is 1. The Bertz CT molecular complexity index is 1230. The minimum atomic E-state index is -0.207. The van der Waals surface area contributed by atoms with Crippen molar-refractivity contribution in [3.8, 4) is 11.3 Å². The Balaban J connectivity index is 1.59. The summed E-state index contributed by atoms with van der Waals surface area (Å²) < 4.78 is 6.33. The third-order valence-electron chi connectivity index (χ3n) is 5.25. The summed E-state index contributed by atoms with van der Waals surface area (Å²) in [7, 11) is 0. The Morgan fingerprint density at radius 2 is 1.71 bits per heavy atom. The maximum Gasteiger partial charge on any atom is 0.174 e. The van der Waals surface area contributed by atoms with E-state index >= 15 is 0 Å². The molecule has 31 heavy (non-hydrogen) atoms. The van der Waals surface area contributed by atoms with E-state index in [0.29, 0.717) is 20.9 Å². The molecule has 0 spiro atoms. The molecule has 0 saturated carbocycles. The van der Waals surface area contributed by atoms with Crippen molar-refractivity contribution >= 4 is 46.2 Å². The van der Waals surface area contributed by atoms with Gasteiger partial charge < -0.3 is 14.6 Å². The lowest BCUT2D eigenvalue weighted by Gasteiger charge is -2.26. The van der Waals surface area contributed by atoms with Crippen LogP contribution in [0.1, 0.15) is 23.5 Å². The van der Waals surface area contributed by atoms with Crippen LogP contribution in [0.15, 0.2) is 89.5 Å². The zero-order valence-corrected chi connectivity index (χ0v) is 18.5. The molecule has 4 nitrogen and oxygen atoms in total. The van der Waals surface area contributed by atoms with Crippen molar-refractivity contribution in [3.63, 3.8) is 0 Å². The minimum absolute atomic E-state index is 0.165. The largest absolute Gasteiger partial charge is 0.459 e. The van der Waals surface area contributed by atoms with E-state index in [2.05, 4.69) is 15.2 Å². The van der Waals surface area contributed by atoms with Crippen LogP contribution in [0.2, 0.25) is 10.0 Å². The summed E-state index contributed by atoms with van der Waals surface area (Å²) in [5, 5.41) is 5.05. The van der Waals surface area contributed by atoms with E-state index in [9.17, 15) is 0 Å². The van der Waals surface area contributed by atoms with Crippen LogP contribution < -0.4 is 10.2 Å². The van der Waals surface area contributed by atoms with Crippen LogP contribution in [-0.2, 0) is 0 Å². The number of benzene rings is 2. The molecule has 2 atom stereocenters. The molecule has 2 aromatic carbocycles. The molecular weight excluding hydrogens is 449 g/mol. The normalized spacial score (nSPS) is 18.3. The first-order chi connectivity index (χ1) is 15.1. The monoisotopic (exact) mass is 465 g/mol. The number of nitrogens with zero attached hydrogens (tertiary/aromatic N) is 2. The molecule has 0 aliphatic carbocycles. The highest BCUT2D eigenvalue weighted by molar-refractivity contribution is 7.80. The van der Waals surface area contributed by atoms with Crippen LogP contribution in [0.4, 0.5) is 5.69 Å². The fourth-order valence-electron chi connectivity index (χ4n) is 3.83. The molecule has 0 bridgehead atoms. The summed E-state index contributed by atoms with van der Waals surface area (Å²) in [6.45, 7) is 0. The van der Waals surface area contributed by atoms with Crippen LogP contribution in [-0.4, -0.2) is 10.1 Å². The number of aromatic nitrogens is 1. The topological polar surface area (TPSA) is 41.3 Å². The van der Waals surface area contributed by atoms with E-state index in [1.165, 1.54) is 0 Å². The van der Waals surface area contributed by atoms with E-state index in [4.69, 9.17) is 39.8 Å². The maximum absolute atomic E-state index is 6.33. The second kappa shape index (κ2) is 8.35. The van der Waals surface area contributed by atoms with Gasteiger partial charge in [-0.15, -0.1) is 0 Å². The summed E-state index contributed by atoms with van der Waals surface area (Å²) in [5.41, 5.74) is 2.73. The van der Waals surface area contributed by atoms with Crippen molar-refractivity contribution in [1.82, 2.24) is 10.3 Å². The zero-order chi connectivity index (χ0) is 21.4. The number of anilines is 1. The second-order valence-electron chi connectivity index (χ2n) is 7.16. The molecule has 3 heterocycles. The molecular formula is C24H17Cl2N3OS. The number of furan rings is 1. The van der Waals surface area contributed by atoms with Gasteiger partial charge in [0.25, 0.3) is 0 Å². The van der Waals surface area contributed by atoms with Crippen LogP contribution in [0.25, 0.3) is 11.3 Å². The SMILES string of the molecule is S=C1N[C@H](c2ccccn2)[C@H](c2ccc(-c3ccc(Cl)c(Cl)c3)o2)N1c1ccccc1. The molecule has 1 saturated heterocycles. The van der Waals surface area contributed by atoms with Gasteiger partial charge in [-0.2, -0.15) is 0 Å². The average molecular weight is 466 g/mol. The summed E-state index contributed by atoms with van der Waals surface area (Å²) >= 11 is 18.0. The summed E-state index contributed by atoms with van der Waals surface area (Å²) in [6.07, 6.45) is 1.78. The van der Waals surface area contributed by atoms with Crippen molar-refractivity contribution in [1.29, 1.82) is 0 Å². The lowest BCUT2D eigenvalue weighted by Crippen LogP contribution is -2.29. The minimum Gasteiger partial charge on any atom is -0.459 e. The second-order valence-corrected chi connectivity index (χ2v) is 8.36. The Morgan fingerprint density at radius 1 is 0.903 bits per heavy atom. The number of halogens is 2. The first-order valence-corrected chi connectivity index (χ1v) is 10.9. The summed E-state index contributed by atoms with van der Waals surface area (Å²) in [5.74, 6) is 1.48. The fraction of sp³-hybridized carbons (Fsp3) is 0.0833. The number of pyridine rings is 1. The van der Waals surface area contributed by atoms with E-state index in [0.717, 1.165) is 22.7 Å². The van der Waals surface area contributed by atoms with Gasteiger partial charge in [0.1, 0.15) is 17.6 Å². The van der Waals surface area contributed by atoms with Gasteiger partial charge in [0.2, 0.25) is 0 Å². The molecule has 2 aromatic heterocycles. The van der Waals surface area contributed by atoms with Crippen molar-refractivity contribution in [2.24, 2.45) is 0 Å². The van der Waals surface area contributed by atoms with Crippen molar-refractivity contribution in [2.75, 3.05) is 4.90 Å². The molecule has 0 unspecified atom stereocenters. The highest BCUT2D eigenvalue weighted by Gasteiger charge is 2.42. The molecule has 0 amide bonds. The van der Waals surface area contributed by atoms with Gasteiger partial charge in [-0.25, -0.2) is 0 Å². The number of rotatable bonds is 4. The van der Waals surface area contributed by atoms with E-state index in [-0.39, 0.29) is 12.1 Å². The lowest BCUT2D eigenvalue weighted by molar-refractivity contribution is 0.439. The number of nitrogens with one attached hydrogen (secondary N) is 1. The van der Waals surface area contributed by atoms with E-state index in [1.807, 2.05) is 66.7 Å². The molecule has 1 fully saturated rings. The smallest absolute Gasteiger partial charge is 0.174 e. The molecule has 1 aliphatic heterocycles. The Morgan fingerprint density at radius 3 is 2.45 bits per heavy atom. The van der Waals surface area contributed by atoms with Gasteiger partial charge in [-0.3, -0.25) is 4.98 Å². The quantitative estimate of drug-likeness (QED) is 0.334. The summed E-state index contributed by atoms with van der Waals surface area (Å²) in [4.78, 5) is 6.64. The highest BCUT2D eigenvalue weighted by atomic mass is 35.5. The zero-order valence-electron chi connectivity index (χ0n) is 16.2. The lowest BCUT2D eigenvalue weighted by atomic mass is 10.0. The predicted molar refractivity (Wildman–Crippen MR) is 129 cm³/mol. The number of hydrogen-bond acceptors (Lipinski definition) is 3. The van der Waals surface area contributed by atoms with Crippen LogP contribution in [0.3, 0.4) is 0 Å². The summed E-state index contributed by atoms with van der Waals surface area (Å²) in [6, 6.07) is 24.9. The Hall–Kier alpha value is -2.86. The van der Waals surface area contributed by atoms with Gasteiger partial charge in [0, 0.05) is 17.4 Å². The number of hydrogen-bond donors (Lipinski definition) is 1. The third-order valence-corrected chi connectivity index (χ3v) is 6.31. The Labute approximate surface area is 195 Å². The predicted octanol–water partition coefficient (Wildman–Crippen LogP) is 6.83. The molecule has 154 valence electrons. The van der Waals surface area contributed by atoms with Crippen molar-refractivity contribution in [3.05, 3.63) is 107 Å². The van der Waals surface area contributed by atoms with Crippen molar-refractivity contribution in [2.45, 2.75) is 12.1 Å². The van der Waals surface area contributed by atoms with Gasteiger partial charge in [-0.1, -0.05) is 47.5 Å². The molecule has 1 aliphatic rings. The Kier molecular flexibility index (Phi) is 5.40. The standard InChI is InChI=1S/C24H17Cl2N3OS/c25-17-10-9-15(14-18(17)26)20-11-12-21(30-20)23-22(19-8-4-5-13-27-19)28-24(31)29(23)16-6-2-1-3-7-16/h1-14,22-23H,(H,28,31)/t22-,23+/m1/s1. The molecule has 1 N–H and O–H groups in total. The fourth-order valence-corrected chi connectivity index (χ4v) is 4.47. The van der Waals surface area contributed by atoms with Gasteiger partial charge in [0.05, 0.1) is 21.8 Å². The van der Waals surface area contributed by atoms with Gasteiger partial charge >= 0.3 is 0 Å². The number of thiocarbonyl (C=S) groups is 1. The molecule has 4 aromatic rings. The first kappa shape index (κ1) is 20.1. The van der Waals surface area contributed by atoms with E-state index < -0.39 is 0 Å². The average Bonchev–Trinajstić information content (AvgIpc) is 3.41. The van der Waals surface area contributed by atoms with Crippen molar-refractivity contribution < 1.29 is 4.42 Å². The molecule has 7 heteroatoms. The van der Waals surface area contributed by atoms with Gasteiger partial charge in [-0.05, 0) is 66.8 Å². The highest BCUT2D eigenvalue weighted by Crippen LogP contribution is 2.43. The van der Waals surface area contributed by atoms with Crippen LogP contribution >= 0.6 is 35.4 Å². The maximum atomic E-state index is 6.33. The van der Waals surface area contributed by atoms with Gasteiger partial charge in [0.15, 0.2) is 5.11 Å². The third kappa shape index (κ3) is 3.81. The molecule has 0 radical (unpaired) electrons. The van der Waals surface area contributed by atoms with Crippen LogP contribution in [0, 0.1) is 0 Å².